The number of unbranched alkanes of at least 4 members (excludes halogenated alkanes) is 7. The maximum atomic E-state index is 13.1. The SMILES string of the molecule is COCCOC(=O)CNCCCCn1c(=O)n(CCCCCCN=C=O)c(=O)n(CCCCCCN=C=O)c1=O. The summed E-state index contributed by atoms with van der Waals surface area (Å²) in [7, 11) is 1.52. The number of rotatable bonds is 24. The van der Waals surface area contributed by atoms with E-state index in [-0.39, 0.29) is 32.8 Å². The summed E-state index contributed by atoms with van der Waals surface area (Å²) in [4.78, 5) is 78.2. The van der Waals surface area contributed by atoms with E-state index < -0.39 is 23.0 Å². The summed E-state index contributed by atoms with van der Waals surface area (Å²) in [6, 6.07) is 0. The van der Waals surface area contributed by atoms with Crippen LogP contribution in [0.4, 0.5) is 0 Å². The van der Waals surface area contributed by atoms with Crippen molar-refractivity contribution in [1.29, 1.82) is 0 Å². The Bertz CT molecular complexity index is 1080. The summed E-state index contributed by atoms with van der Waals surface area (Å²) in [5.74, 6) is -0.392. The third kappa shape index (κ3) is 14.1. The van der Waals surface area contributed by atoms with Gasteiger partial charge >= 0.3 is 23.0 Å². The Morgan fingerprint density at radius 1 is 0.700 bits per heavy atom. The van der Waals surface area contributed by atoms with Crippen LogP contribution < -0.4 is 22.4 Å². The third-order valence-electron chi connectivity index (χ3n) is 6.12. The van der Waals surface area contributed by atoms with Crippen LogP contribution >= 0.6 is 0 Å². The Kier molecular flexibility index (Phi) is 19.4. The molecule has 0 spiro atoms. The van der Waals surface area contributed by atoms with Gasteiger partial charge in [0.1, 0.15) is 6.61 Å². The highest BCUT2D eigenvalue weighted by Crippen LogP contribution is 2.02. The van der Waals surface area contributed by atoms with Crippen molar-refractivity contribution < 1.29 is 23.9 Å². The van der Waals surface area contributed by atoms with Crippen LogP contribution in [0.25, 0.3) is 0 Å². The number of hydrogen-bond acceptors (Lipinski definition) is 11. The zero-order valence-corrected chi connectivity index (χ0v) is 23.4. The lowest BCUT2D eigenvalue weighted by Gasteiger charge is -2.14. The van der Waals surface area contributed by atoms with Gasteiger partial charge in [-0.2, -0.15) is 0 Å². The summed E-state index contributed by atoms with van der Waals surface area (Å²) >= 11 is 0. The molecule has 0 saturated carbocycles. The number of nitrogens with one attached hydrogen (secondary N) is 1. The quantitative estimate of drug-likeness (QED) is 0.0810. The predicted molar refractivity (Wildman–Crippen MR) is 147 cm³/mol. The normalized spacial score (nSPS) is 10.6. The van der Waals surface area contributed by atoms with Crippen molar-refractivity contribution in [1.82, 2.24) is 19.0 Å². The van der Waals surface area contributed by atoms with Crippen LogP contribution in [0.15, 0.2) is 24.4 Å². The van der Waals surface area contributed by atoms with Crippen LogP contribution in [0, 0.1) is 0 Å². The number of aliphatic imine (C=N–C) groups is 2. The molecule has 0 fully saturated rings. The van der Waals surface area contributed by atoms with Crippen LogP contribution in [0.5, 0.6) is 0 Å². The van der Waals surface area contributed by atoms with E-state index in [0.717, 1.165) is 39.4 Å². The van der Waals surface area contributed by atoms with Gasteiger partial charge in [0, 0.05) is 26.7 Å². The zero-order valence-electron chi connectivity index (χ0n) is 23.4. The number of aromatic nitrogens is 3. The lowest BCUT2D eigenvalue weighted by molar-refractivity contribution is -0.143. The largest absolute Gasteiger partial charge is 0.462 e. The van der Waals surface area contributed by atoms with Gasteiger partial charge in [-0.25, -0.2) is 47.7 Å². The second-order valence-corrected chi connectivity index (χ2v) is 9.17. The molecule has 0 amide bonds. The standard InChI is InChI=1S/C26H42N6O8/c1-39-18-19-40-23(35)20-27-12-8-11-17-32-25(37)30(15-9-4-2-6-13-28-21-33)24(36)31(26(32)38)16-10-5-3-7-14-29-22-34/h27H,2-20H2,1H3. The number of carbonyl (C=O) groups is 1. The van der Waals surface area contributed by atoms with Crippen molar-refractivity contribution >= 4 is 18.1 Å². The van der Waals surface area contributed by atoms with Gasteiger partial charge in [0.25, 0.3) is 0 Å². The molecule has 0 bridgehead atoms. The minimum Gasteiger partial charge on any atom is -0.462 e. The molecular formula is C26H42N6O8. The van der Waals surface area contributed by atoms with Gasteiger partial charge in [-0.05, 0) is 45.1 Å². The van der Waals surface area contributed by atoms with Gasteiger partial charge in [-0.3, -0.25) is 4.79 Å². The molecule has 0 aromatic carbocycles. The van der Waals surface area contributed by atoms with Crippen molar-refractivity contribution in [2.45, 2.75) is 83.8 Å². The molecule has 0 aliphatic carbocycles. The van der Waals surface area contributed by atoms with Gasteiger partial charge in [0.15, 0.2) is 0 Å². The third-order valence-corrected chi connectivity index (χ3v) is 6.12. The minimum atomic E-state index is -0.627. The maximum Gasteiger partial charge on any atom is 0.336 e. The van der Waals surface area contributed by atoms with Gasteiger partial charge < -0.3 is 14.8 Å². The maximum absolute atomic E-state index is 13.1. The summed E-state index contributed by atoms with van der Waals surface area (Å²) in [5.41, 5.74) is -1.87. The first-order valence-electron chi connectivity index (χ1n) is 13.8. The Balaban J connectivity index is 2.80. The predicted octanol–water partition coefficient (Wildman–Crippen LogP) is 0.524. The Morgan fingerprint density at radius 2 is 1.15 bits per heavy atom. The fourth-order valence-corrected chi connectivity index (χ4v) is 3.98. The van der Waals surface area contributed by atoms with Crippen LogP contribution in [0.1, 0.15) is 64.2 Å². The van der Waals surface area contributed by atoms with E-state index in [1.165, 1.54) is 19.3 Å². The Hall–Kier alpha value is -3.44. The fraction of sp³-hybridized carbons (Fsp3) is 0.769. The van der Waals surface area contributed by atoms with Crippen molar-refractivity contribution in [3.05, 3.63) is 31.5 Å². The van der Waals surface area contributed by atoms with E-state index in [2.05, 4.69) is 15.3 Å². The number of isocyanates is 2. The van der Waals surface area contributed by atoms with Crippen LogP contribution in [-0.2, 0) is 43.5 Å². The Morgan fingerprint density at radius 3 is 1.60 bits per heavy atom. The summed E-state index contributed by atoms with van der Waals surface area (Å²) < 4.78 is 13.1. The monoisotopic (exact) mass is 566 g/mol. The molecule has 0 unspecified atom stereocenters. The average Bonchev–Trinajstić information content (AvgIpc) is 2.94. The summed E-state index contributed by atoms with van der Waals surface area (Å²) in [6.07, 6.45) is 9.70. The highest BCUT2D eigenvalue weighted by molar-refractivity contribution is 5.71. The second-order valence-electron chi connectivity index (χ2n) is 9.17. The minimum absolute atomic E-state index is 0.0460. The zero-order chi connectivity index (χ0) is 29.4. The number of nitrogens with zero attached hydrogens (tertiary/aromatic N) is 5. The lowest BCUT2D eigenvalue weighted by atomic mass is 10.2. The van der Waals surface area contributed by atoms with E-state index in [0.29, 0.717) is 64.8 Å². The first-order chi connectivity index (χ1) is 19.5. The van der Waals surface area contributed by atoms with Gasteiger partial charge in [0.2, 0.25) is 12.2 Å². The molecule has 14 heteroatoms. The van der Waals surface area contributed by atoms with Crippen molar-refractivity contribution in [3.63, 3.8) is 0 Å². The molecule has 40 heavy (non-hydrogen) atoms. The molecule has 0 saturated heterocycles. The van der Waals surface area contributed by atoms with Crippen LogP contribution in [-0.4, -0.2) is 78.3 Å². The molecule has 224 valence electrons. The van der Waals surface area contributed by atoms with Gasteiger partial charge in [-0.15, -0.1) is 0 Å². The molecule has 14 nitrogen and oxygen atoms in total. The lowest BCUT2D eigenvalue weighted by Crippen LogP contribution is -2.54. The fourth-order valence-electron chi connectivity index (χ4n) is 3.98. The molecule has 1 aromatic heterocycles. The van der Waals surface area contributed by atoms with E-state index in [1.54, 1.807) is 0 Å². The summed E-state index contributed by atoms with van der Waals surface area (Å²) in [5, 5.41) is 2.97. The number of esters is 1. The van der Waals surface area contributed by atoms with Crippen molar-refractivity contribution in [3.8, 4) is 0 Å². The van der Waals surface area contributed by atoms with Crippen LogP contribution in [0.3, 0.4) is 0 Å². The average molecular weight is 567 g/mol. The van der Waals surface area contributed by atoms with Gasteiger partial charge in [-0.1, -0.05) is 25.7 Å². The Labute approximate surface area is 233 Å². The molecule has 1 N–H and O–H groups in total. The number of ether oxygens (including phenoxy) is 2. The van der Waals surface area contributed by atoms with Crippen LogP contribution in [0.2, 0.25) is 0 Å². The van der Waals surface area contributed by atoms with E-state index in [4.69, 9.17) is 9.47 Å². The van der Waals surface area contributed by atoms with E-state index in [9.17, 15) is 28.8 Å². The summed E-state index contributed by atoms with van der Waals surface area (Å²) in [6.45, 7) is 2.36. The molecule has 0 aliphatic heterocycles. The molecule has 0 radical (unpaired) electrons. The number of carbonyl (C=O) groups excluding carboxylic acids is 3. The molecular weight excluding hydrogens is 524 g/mol. The molecule has 0 atom stereocenters. The van der Waals surface area contributed by atoms with E-state index >= 15 is 0 Å². The van der Waals surface area contributed by atoms with Crippen molar-refractivity contribution in [2.24, 2.45) is 9.98 Å². The highest BCUT2D eigenvalue weighted by atomic mass is 16.6. The van der Waals surface area contributed by atoms with E-state index in [1.807, 2.05) is 0 Å². The number of hydrogen-bond donors (Lipinski definition) is 1. The number of methoxy groups -OCH3 is 1. The smallest absolute Gasteiger partial charge is 0.336 e. The molecule has 1 rings (SSSR count). The first kappa shape index (κ1) is 34.6. The molecule has 1 aromatic rings. The molecule has 0 aliphatic rings. The topological polar surface area (TPSA) is 172 Å². The second kappa shape index (κ2) is 22.4. The van der Waals surface area contributed by atoms with Crippen molar-refractivity contribution in [2.75, 3.05) is 46.5 Å². The molecule has 1 heterocycles. The first-order valence-corrected chi connectivity index (χ1v) is 13.8. The van der Waals surface area contributed by atoms with Gasteiger partial charge in [0.05, 0.1) is 26.2 Å². The highest BCUT2D eigenvalue weighted by Gasteiger charge is 2.15.